The Kier molecular flexibility index (Phi) is 1.59. The third-order valence-electron chi connectivity index (χ3n) is 3.12. The molecule has 2 aromatic carbocycles. The molecule has 0 saturated carbocycles. The molecule has 0 aliphatic rings. The second-order valence-corrected chi connectivity index (χ2v) is 4.12. The normalized spacial score (nSPS) is 11.5. The third-order valence-corrected chi connectivity index (χ3v) is 3.12. The summed E-state index contributed by atoms with van der Waals surface area (Å²) in [4.78, 5) is 4.47. The maximum Gasteiger partial charge on any atom is 0.146 e. The number of aromatic nitrogens is 1. The van der Waals surface area contributed by atoms with Gasteiger partial charge in [-0.15, -0.1) is 0 Å². The first-order chi connectivity index (χ1) is 8.43. The van der Waals surface area contributed by atoms with E-state index in [0.717, 1.165) is 32.8 Å². The molecule has 2 heterocycles. The van der Waals surface area contributed by atoms with Gasteiger partial charge in [0, 0.05) is 22.4 Å². The number of benzene rings is 2. The van der Waals surface area contributed by atoms with E-state index in [4.69, 9.17) is 4.42 Å². The average Bonchev–Trinajstić information content (AvgIpc) is 2.78. The molecule has 17 heavy (non-hydrogen) atoms. The van der Waals surface area contributed by atoms with E-state index in [1.54, 1.807) is 0 Å². The first-order valence-corrected chi connectivity index (χ1v) is 5.58. The molecule has 0 bridgehead atoms. The zero-order chi connectivity index (χ0) is 11.2. The average molecular weight is 219 g/mol. The fourth-order valence-corrected chi connectivity index (χ4v) is 2.31. The SMILES string of the molecule is c1ccc2c(c1)ncc1c3ccccc3oc21. The molecule has 4 aromatic rings. The Bertz CT molecular complexity index is 845. The van der Waals surface area contributed by atoms with Gasteiger partial charge < -0.3 is 4.42 Å². The van der Waals surface area contributed by atoms with Gasteiger partial charge in [-0.2, -0.15) is 0 Å². The number of hydrogen-bond acceptors (Lipinski definition) is 2. The molecule has 0 aliphatic heterocycles. The summed E-state index contributed by atoms with van der Waals surface area (Å²) in [6.07, 6.45) is 1.89. The Morgan fingerprint density at radius 1 is 0.765 bits per heavy atom. The van der Waals surface area contributed by atoms with E-state index in [0.29, 0.717) is 0 Å². The quantitative estimate of drug-likeness (QED) is 0.444. The van der Waals surface area contributed by atoms with Gasteiger partial charge in [0.2, 0.25) is 0 Å². The fraction of sp³-hybridized carbons (Fsp3) is 0. The molecule has 2 heteroatoms. The van der Waals surface area contributed by atoms with Crippen molar-refractivity contribution in [2.75, 3.05) is 0 Å². The second kappa shape index (κ2) is 3.08. The lowest BCUT2D eigenvalue weighted by molar-refractivity contribution is 0.672. The molecule has 0 fully saturated rings. The Morgan fingerprint density at radius 2 is 1.53 bits per heavy atom. The van der Waals surface area contributed by atoms with E-state index in [9.17, 15) is 0 Å². The van der Waals surface area contributed by atoms with Crippen LogP contribution in [0.15, 0.2) is 59.1 Å². The van der Waals surface area contributed by atoms with Crippen LogP contribution in [0.4, 0.5) is 0 Å². The lowest BCUT2D eigenvalue weighted by Crippen LogP contribution is -1.77. The van der Waals surface area contributed by atoms with Crippen molar-refractivity contribution in [2.24, 2.45) is 0 Å². The number of pyridine rings is 1. The van der Waals surface area contributed by atoms with Gasteiger partial charge in [0.25, 0.3) is 0 Å². The summed E-state index contributed by atoms with van der Waals surface area (Å²) in [5.41, 5.74) is 2.82. The molecular weight excluding hydrogens is 210 g/mol. The maximum atomic E-state index is 5.93. The van der Waals surface area contributed by atoms with Gasteiger partial charge in [-0.05, 0) is 18.2 Å². The van der Waals surface area contributed by atoms with Crippen LogP contribution in [0.25, 0.3) is 32.8 Å². The van der Waals surface area contributed by atoms with Gasteiger partial charge in [0.1, 0.15) is 11.2 Å². The predicted octanol–water partition coefficient (Wildman–Crippen LogP) is 4.13. The maximum absolute atomic E-state index is 5.93. The number of nitrogens with zero attached hydrogens (tertiary/aromatic N) is 1. The highest BCUT2D eigenvalue weighted by atomic mass is 16.3. The van der Waals surface area contributed by atoms with Crippen LogP contribution in [-0.4, -0.2) is 4.98 Å². The van der Waals surface area contributed by atoms with Crippen LogP contribution in [0.1, 0.15) is 0 Å². The number of rotatable bonds is 0. The van der Waals surface area contributed by atoms with Gasteiger partial charge in [-0.1, -0.05) is 30.3 Å². The molecule has 0 N–H and O–H groups in total. The van der Waals surface area contributed by atoms with Gasteiger partial charge in [-0.3, -0.25) is 4.98 Å². The van der Waals surface area contributed by atoms with Crippen molar-refractivity contribution < 1.29 is 4.42 Å². The van der Waals surface area contributed by atoms with Crippen molar-refractivity contribution >= 4 is 32.8 Å². The number of hydrogen-bond donors (Lipinski definition) is 0. The summed E-state index contributed by atoms with van der Waals surface area (Å²) in [5, 5.41) is 3.28. The third kappa shape index (κ3) is 1.12. The minimum absolute atomic E-state index is 0.917. The molecule has 0 unspecified atom stereocenters. The van der Waals surface area contributed by atoms with E-state index in [-0.39, 0.29) is 0 Å². The van der Waals surface area contributed by atoms with Crippen LogP contribution in [0.3, 0.4) is 0 Å². The van der Waals surface area contributed by atoms with Crippen molar-refractivity contribution in [3.8, 4) is 0 Å². The minimum Gasteiger partial charge on any atom is -0.455 e. The number of furan rings is 1. The van der Waals surface area contributed by atoms with Crippen LogP contribution < -0.4 is 0 Å². The van der Waals surface area contributed by atoms with E-state index in [1.807, 2.05) is 48.7 Å². The summed E-state index contributed by atoms with van der Waals surface area (Å²) in [6, 6.07) is 16.1. The molecule has 0 aliphatic carbocycles. The first kappa shape index (κ1) is 8.76. The summed E-state index contributed by atoms with van der Waals surface area (Å²) in [6.45, 7) is 0. The fourth-order valence-electron chi connectivity index (χ4n) is 2.31. The molecule has 2 aromatic heterocycles. The van der Waals surface area contributed by atoms with Crippen LogP contribution in [0.2, 0.25) is 0 Å². The molecule has 2 nitrogen and oxygen atoms in total. The largest absolute Gasteiger partial charge is 0.455 e. The van der Waals surface area contributed by atoms with E-state index < -0.39 is 0 Å². The summed E-state index contributed by atoms with van der Waals surface area (Å²) in [5.74, 6) is 0. The van der Waals surface area contributed by atoms with E-state index in [1.165, 1.54) is 0 Å². The lowest BCUT2D eigenvalue weighted by atomic mass is 10.1. The standard InChI is InChI=1S/C15H9NO/c1-3-7-13-11(6-1)15-12(9-16-13)10-5-2-4-8-14(10)17-15/h1-9H. The van der Waals surface area contributed by atoms with E-state index in [2.05, 4.69) is 11.1 Å². The van der Waals surface area contributed by atoms with Crippen molar-refractivity contribution in [1.82, 2.24) is 4.98 Å². The Hall–Kier alpha value is -2.35. The van der Waals surface area contributed by atoms with Crippen molar-refractivity contribution in [1.29, 1.82) is 0 Å². The highest BCUT2D eigenvalue weighted by Crippen LogP contribution is 2.32. The topological polar surface area (TPSA) is 26.0 Å². The molecule has 0 atom stereocenters. The monoisotopic (exact) mass is 219 g/mol. The number of fused-ring (bicyclic) bond motifs is 5. The molecule has 4 rings (SSSR count). The lowest BCUT2D eigenvalue weighted by Gasteiger charge is -1.96. The van der Waals surface area contributed by atoms with Crippen LogP contribution in [0.5, 0.6) is 0 Å². The highest BCUT2D eigenvalue weighted by Gasteiger charge is 2.09. The molecule has 0 spiro atoms. The Labute approximate surface area is 97.5 Å². The van der Waals surface area contributed by atoms with Crippen molar-refractivity contribution in [2.45, 2.75) is 0 Å². The smallest absolute Gasteiger partial charge is 0.146 e. The van der Waals surface area contributed by atoms with Crippen molar-refractivity contribution in [3.63, 3.8) is 0 Å². The Morgan fingerprint density at radius 3 is 2.47 bits per heavy atom. The van der Waals surface area contributed by atoms with Gasteiger partial charge >= 0.3 is 0 Å². The second-order valence-electron chi connectivity index (χ2n) is 4.12. The minimum atomic E-state index is 0.917. The van der Waals surface area contributed by atoms with Gasteiger partial charge in [0.15, 0.2) is 0 Å². The first-order valence-electron chi connectivity index (χ1n) is 5.58. The summed E-state index contributed by atoms with van der Waals surface area (Å²) >= 11 is 0. The summed E-state index contributed by atoms with van der Waals surface area (Å²) < 4.78 is 5.93. The number of para-hydroxylation sites is 2. The van der Waals surface area contributed by atoms with Crippen LogP contribution >= 0.6 is 0 Å². The van der Waals surface area contributed by atoms with Crippen molar-refractivity contribution in [3.05, 3.63) is 54.7 Å². The van der Waals surface area contributed by atoms with Crippen LogP contribution in [-0.2, 0) is 0 Å². The highest BCUT2D eigenvalue weighted by molar-refractivity contribution is 6.13. The predicted molar refractivity (Wildman–Crippen MR) is 69.0 cm³/mol. The molecular formula is C15H9NO. The zero-order valence-electron chi connectivity index (χ0n) is 9.05. The Balaban J connectivity index is 2.34. The molecule has 80 valence electrons. The molecule has 0 amide bonds. The molecule has 0 saturated heterocycles. The molecule has 0 radical (unpaired) electrons. The van der Waals surface area contributed by atoms with E-state index >= 15 is 0 Å². The zero-order valence-corrected chi connectivity index (χ0v) is 9.05. The summed E-state index contributed by atoms with van der Waals surface area (Å²) in [7, 11) is 0. The van der Waals surface area contributed by atoms with Gasteiger partial charge in [-0.25, -0.2) is 0 Å². The van der Waals surface area contributed by atoms with Gasteiger partial charge in [0.05, 0.1) is 5.52 Å². The van der Waals surface area contributed by atoms with Crippen LogP contribution in [0, 0.1) is 0 Å².